The number of rotatable bonds is 5. The Morgan fingerprint density at radius 1 is 1.41 bits per heavy atom. The fourth-order valence-corrected chi connectivity index (χ4v) is 1.48. The molecule has 0 aromatic carbocycles. The van der Waals surface area contributed by atoms with E-state index in [0.717, 1.165) is 4.90 Å². The number of halogens is 3. The summed E-state index contributed by atoms with van der Waals surface area (Å²) in [5.41, 5.74) is 1.71. The van der Waals surface area contributed by atoms with Gasteiger partial charge in [-0.05, 0) is 12.1 Å². The molecule has 0 aliphatic heterocycles. The summed E-state index contributed by atoms with van der Waals surface area (Å²) < 4.78 is 35.0. The van der Waals surface area contributed by atoms with Gasteiger partial charge in [-0.1, -0.05) is 0 Å². The van der Waals surface area contributed by atoms with E-state index >= 15 is 0 Å². The molecule has 0 fully saturated rings. The maximum absolute atomic E-state index is 11.7. The SMILES string of the molecule is O=C(CSc1ccncc1)NOCC(F)(F)F. The summed E-state index contributed by atoms with van der Waals surface area (Å²) in [5, 5.41) is 0. The van der Waals surface area contributed by atoms with Crippen molar-refractivity contribution in [3.05, 3.63) is 24.5 Å². The molecule has 17 heavy (non-hydrogen) atoms. The van der Waals surface area contributed by atoms with Gasteiger partial charge in [0.15, 0.2) is 6.61 Å². The standard InChI is InChI=1S/C9H9F3N2O2S/c10-9(11,12)6-16-14-8(15)5-17-7-1-3-13-4-2-7/h1-4H,5-6H2,(H,14,15). The van der Waals surface area contributed by atoms with Crippen molar-refractivity contribution in [3.63, 3.8) is 0 Å². The number of hydroxylamine groups is 1. The van der Waals surface area contributed by atoms with Gasteiger partial charge in [0.05, 0.1) is 5.75 Å². The van der Waals surface area contributed by atoms with Crippen LogP contribution in [0.2, 0.25) is 0 Å². The monoisotopic (exact) mass is 266 g/mol. The lowest BCUT2D eigenvalue weighted by molar-refractivity contribution is -0.191. The highest BCUT2D eigenvalue weighted by Crippen LogP contribution is 2.16. The molecule has 1 aromatic heterocycles. The second-order valence-corrected chi connectivity index (χ2v) is 3.95. The summed E-state index contributed by atoms with van der Waals surface area (Å²) in [6.45, 7) is -1.50. The minimum absolute atomic E-state index is 0.0259. The highest BCUT2D eigenvalue weighted by molar-refractivity contribution is 8.00. The first kappa shape index (κ1) is 13.8. The zero-order valence-corrected chi connectivity index (χ0v) is 9.35. The topological polar surface area (TPSA) is 51.2 Å². The molecular formula is C9H9F3N2O2S. The van der Waals surface area contributed by atoms with E-state index in [1.165, 1.54) is 11.8 Å². The molecule has 0 bridgehead atoms. The Morgan fingerprint density at radius 3 is 2.65 bits per heavy atom. The van der Waals surface area contributed by atoms with Crippen LogP contribution in [0.15, 0.2) is 29.4 Å². The number of nitrogens with one attached hydrogen (secondary N) is 1. The number of thioether (sulfide) groups is 1. The molecule has 0 aliphatic carbocycles. The summed E-state index contributed by atoms with van der Waals surface area (Å²) in [7, 11) is 0. The van der Waals surface area contributed by atoms with Crippen molar-refractivity contribution in [2.45, 2.75) is 11.1 Å². The molecule has 4 nitrogen and oxygen atoms in total. The van der Waals surface area contributed by atoms with E-state index in [4.69, 9.17) is 0 Å². The van der Waals surface area contributed by atoms with Gasteiger partial charge < -0.3 is 0 Å². The van der Waals surface area contributed by atoms with E-state index in [0.29, 0.717) is 0 Å². The maximum atomic E-state index is 11.7. The van der Waals surface area contributed by atoms with Gasteiger partial charge in [0, 0.05) is 17.3 Å². The predicted molar refractivity (Wildman–Crippen MR) is 55.1 cm³/mol. The Hall–Kier alpha value is -1.28. The first-order chi connectivity index (χ1) is 7.97. The first-order valence-electron chi connectivity index (χ1n) is 4.47. The van der Waals surface area contributed by atoms with Gasteiger partial charge in [-0.3, -0.25) is 14.6 Å². The van der Waals surface area contributed by atoms with Gasteiger partial charge >= 0.3 is 6.18 Å². The van der Waals surface area contributed by atoms with Gasteiger partial charge in [0.2, 0.25) is 0 Å². The van der Waals surface area contributed by atoms with Gasteiger partial charge in [-0.15, -0.1) is 11.8 Å². The smallest absolute Gasteiger partial charge is 0.272 e. The van der Waals surface area contributed by atoms with Crippen LogP contribution >= 0.6 is 11.8 Å². The van der Waals surface area contributed by atoms with Gasteiger partial charge in [0.1, 0.15) is 0 Å². The summed E-state index contributed by atoms with van der Waals surface area (Å²) >= 11 is 1.17. The molecule has 0 saturated heterocycles. The number of aromatic nitrogens is 1. The Bertz CT molecular complexity index is 359. The third-order valence-electron chi connectivity index (χ3n) is 1.44. The van der Waals surface area contributed by atoms with Crippen molar-refractivity contribution in [1.82, 2.24) is 10.5 Å². The van der Waals surface area contributed by atoms with Crippen LogP contribution in [0, 0.1) is 0 Å². The molecule has 0 spiro atoms. The number of alkyl halides is 3. The van der Waals surface area contributed by atoms with Crippen molar-refractivity contribution >= 4 is 17.7 Å². The quantitative estimate of drug-likeness (QED) is 0.652. The molecule has 1 amide bonds. The zero-order chi connectivity index (χ0) is 12.7. The number of amides is 1. The molecule has 1 heterocycles. The van der Waals surface area contributed by atoms with Gasteiger partial charge in [0.25, 0.3) is 5.91 Å². The fraction of sp³-hybridized carbons (Fsp3) is 0.333. The number of carbonyl (C=O) groups is 1. The fourth-order valence-electron chi connectivity index (χ4n) is 0.811. The average Bonchev–Trinajstić information content (AvgIpc) is 2.26. The van der Waals surface area contributed by atoms with E-state index in [9.17, 15) is 18.0 Å². The zero-order valence-electron chi connectivity index (χ0n) is 8.53. The summed E-state index contributed by atoms with van der Waals surface area (Å²) in [6.07, 6.45) is -1.34. The molecular weight excluding hydrogens is 257 g/mol. The van der Waals surface area contributed by atoms with Crippen molar-refractivity contribution in [1.29, 1.82) is 0 Å². The molecule has 1 aromatic rings. The lowest BCUT2D eigenvalue weighted by Gasteiger charge is -2.07. The number of hydrogen-bond acceptors (Lipinski definition) is 4. The second kappa shape index (κ2) is 6.45. The average molecular weight is 266 g/mol. The molecule has 8 heteroatoms. The van der Waals surface area contributed by atoms with E-state index in [2.05, 4.69) is 9.82 Å². The molecule has 0 aliphatic rings. The Balaban J connectivity index is 2.18. The third-order valence-corrected chi connectivity index (χ3v) is 2.45. The third kappa shape index (κ3) is 6.80. The number of carbonyl (C=O) groups excluding carboxylic acids is 1. The van der Waals surface area contributed by atoms with E-state index in [-0.39, 0.29) is 5.75 Å². The summed E-state index contributed by atoms with van der Waals surface area (Å²) in [6, 6.07) is 3.38. The molecule has 1 rings (SSSR count). The Kier molecular flexibility index (Phi) is 5.23. The van der Waals surface area contributed by atoms with E-state index in [1.807, 2.05) is 0 Å². The Labute approximate surface area is 99.5 Å². The minimum atomic E-state index is -4.45. The van der Waals surface area contributed by atoms with E-state index in [1.54, 1.807) is 30.0 Å². The maximum Gasteiger partial charge on any atom is 0.414 e. The van der Waals surface area contributed by atoms with Crippen molar-refractivity contribution in [3.8, 4) is 0 Å². The summed E-state index contributed by atoms with van der Waals surface area (Å²) in [5.74, 6) is -0.655. The highest BCUT2D eigenvalue weighted by atomic mass is 32.2. The molecule has 1 N–H and O–H groups in total. The number of hydrogen-bond donors (Lipinski definition) is 1. The van der Waals surface area contributed by atoms with Crippen LogP contribution in [0.4, 0.5) is 13.2 Å². The van der Waals surface area contributed by atoms with Crippen LogP contribution in [0.5, 0.6) is 0 Å². The number of nitrogens with zero attached hydrogens (tertiary/aromatic N) is 1. The van der Waals surface area contributed by atoms with Crippen LogP contribution in [0.1, 0.15) is 0 Å². The molecule has 0 atom stereocenters. The van der Waals surface area contributed by atoms with Crippen molar-refractivity contribution < 1.29 is 22.8 Å². The van der Waals surface area contributed by atoms with Crippen LogP contribution in [0.3, 0.4) is 0 Å². The van der Waals surface area contributed by atoms with Crippen LogP contribution in [-0.2, 0) is 9.63 Å². The normalized spacial score (nSPS) is 11.2. The predicted octanol–water partition coefficient (Wildman–Crippen LogP) is 1.78. The van der Waals surface area contributed by atoms with Crippen LogP contribution in [-0.4, -0.2) is 29.4 Å². The Morgan fingerprint density at radius 2 is 2.06 bits per heavy atom. The van der Waals surface area contributed by atoms with Crippen molar-refractivity contribution in [2.75, 3.05) is 12.4 Å². The molecule has 0 radical (unpaired) electrons. The van der Waals surface area contributed by atoms with Gasteiger partial charge in [-0.2, -0.15) is 13.2 Å². The first-order valence-corrected chi connectivity index (χ1v) is 5.46. The largest absolute Gasteiger partial charge is 0.414 e. The lowest BCUT2D eigenvalue weighted by atomic mass is 10.5. The summed E-state index contributed by atoms with van der Waals surface area (Å²) in [4.78, 5) is 19.6. The van der Waals surface area contributed by atoms with E-state index < -0.39 is 18.7 Å². The lowest BCUT2D eigenvalue weighted by Crippen LogP contribution is -2.30. The second-order valence-electron chi connectivity index (χ2n) is 2.90. The number of pyridine rings is 1. The molecule has 0 saturated carbocycles. The highest BCUT2D eigenvalue weighted by Gasteiger charge is 2.28. The molecule has 94 valence electrons. The van der Waals surface area contributed by atoms with Crippen LogP contribution in [0.25, 0.3) is 0 Å². The van der Waals surface area contributed by atoms with Crippen molar-refractivity contribution in [2.24, 2.45) is 0 Å². The molecule has 0 unspecified atom stereocenters. The van der Waals surface area contributed by atoms with Crippen LogP contribution < -0.4 is 5.48 Å². The minimum Gasteiger partial charge on any atom is -0.272 e. The van der Waals surface area contributed by atoms with Gasteiger partial charge in [-0.25, -0.2) is 5.48 Å².